The van der Waals surface area contributed by atoms with E-state index >= 15 is 0 Å². The van der Waals surface area contributed by atoms with Gasteiger partial charge in [0.25, 0.3) is 0 Å². The Bertz CT molecular complexity index is 429. The maximum Gasteiger partial charge on any atom is 0.132 e. The van der Waals surface area contributed by atoms with Gasteiger partial charge in [0.1, 0.15) is 5.69 Å². The number of quaternary nitrogens is 1. The number of hydrogen-bond acceptors (Lipinski definition) is 1. The van der Waals surface area contributed by atoms with E-state index in [1.54, 1.807) is 0 Å². The smallest absolute Gasteiger partial charge is 0.132 e. The SMILES string of the molecule is CCCCCCCCCCCCCCCCCC[N+](C)(C)c1ccccc1.[OH-]. The molecule has 2 nitrogen and oxygen atoms in total. The Labute approximate surface area is 176 Å². The van der Waals surface area contributed by atoms with Crippen molar-refractivity contribution in [1.82, 2.24) is 4.48 Å². The van der Waals surface area contributed by atoms with Gasteiger partial charge in [0.05, 0.1) is 20.6 Å². The maximum absolute atomic E-state index is 2.33. The van der Waals surface area contributed by atoms with Crippen LogP contribution in [0.15, 0.2) is 30.3 Å². The average molecular weight is 392 g/mol. The fourth-order valence-electron chi connectivity index (χ4n) is 4.02. The molecule has 0 bridgehead atoms. The second-order valence-corrected chi connectivity index (χ2v) is 9.05. The third kappa shape index (κ3) is 14.2. The molecule has 0 saturated heterocycles. The summed E-state index contributed by atoms with van der Waals surface area (Å²) in [5.41, 5.74) is 1.43. The molecule has 1 aromatic rings. The van der Waals surface area contributed by atoms with Crippen LogP contribution in [0.4, 0.5) is 5.69 Å². The summed E-state index contributed by atoms with van der Waals surface area (Å²) in [5, 5.41) is 0. The van der Waals surface area contributed by atoms with Gasteiger partial charge >= 0.3 is 0 Å². The van der Waals surface area contributed by atoms with Gasteiger partial charge < -0.3 is 5.48 Å². The summed E-state index contributed by atoms with van der Waals surface area (Å²) in [6.07, 6.45) is 23.1. The second kappa shape index (κ2) is 18.2. The van der Waals surface area contributed by atoms with Crippen LogP contribution in [-0.4, -0.2) is 26.1 Å². The van der Waals surface area contributed by atoms with Crippen LogP contribution in [0.1, 0.15) is 110 Å². The molecule has 0 aliphatic rings. The van der Waals surface area contributed by atoms with E-state index < -0.39 is 0 Å². The van der Waals surface area contributed by atoms with Gasteiger partial charge in [0.2, 0.25) is 0 Å². The number of nitrogens with zero attached hydrogens (tertiary/aromatic N) is 1. The van der Waals surface area contributed by atoms with Crippen LogP contribution < -0.4 is 4.48 Å². The third-order valence-corrected chi connectivity index (χ3v) is 6.03. The lowest BCUT2D eigenvalue weighted by Gasteiger charge is -2.29. The van der Waals surface area contributed by atoms with E-state index in [-0.39, 0.29) is 5.48 Å². The van der Waals surface area contributed by atoms with Gasteiger partial charge in [-0.05, 0) is 25.0 Å². The molecule has 0 radical (unpaired) electrons. The minimum Gasteiger partial charge on any atom is -0.870 e. The predicted molar refractivity (Wildman–Crippen MR) is 126 cm³/mol. The van der Waals surface area contributed by atoms with Gasteiger partial charge in [-0.25, -0.2) is 0 Å². The van der Waals surface area contributed by atoms with E-state index in [9.17, 15) is 0 Å². The van der Waals surface area contributed by atoms with Crippen LogP contribution in [0, 0.1) is 0 Å². The number of para-hydroxylation sites is 1. The standard InChI is InChI=1S/C26H48N.H2O/c1-4-5-6-7-8-9-10-11-12-13-14-15-16-17-18-22-25-27(2,3)26-23-20-19-21-24-26;/h19-21,23-24H,4-18,22,25H2,1-3H3;1H2/q+1;/p-1. The van der Waals surface area contributed by atoms with Crippen molar-refractivity contribution in [2.45, 2.75) is 110 Å². The highest BCUT2D eigenvalue weighted by Crippen LogP contribution is 2.19. The van der Waals surface area contributed by atoms with E-state index in [1.165, 1.54) is 115 Å². The number of hydrogen-bond donors (Lipinski definition) is 0. The molecule has 0 fully saturated rings. The van der Waals surface area contributed by atoms with Crippen LogP contribution in [-0.2, 0) is 0 Å². The van der Waals surface area contributed by atoms with Gasteiger partial charge in [-0.15, -0.1) is 0 Å². The molecule has 1 N–H and O–H groups in total. The summed E-state index contributed by atoms with van der Waals surface area (Å²) in [7, 11) is 4.67. The van der Waals surface area contributed by atoms with Crippen LogP contribution >= 0.6 is 0 Å². The summed E-state index contributed by atoms with van der Waals surface area (Å²) in [6.45, 7) is 3.55. The molecular formula is C26H49NO. The fourth-order valence-corrected chi connectivity index (χ4v) is 4.02. The van der Waals surface area contributed by atoms with Crippen molar-refractivity contribution in [3.63, 3.8) is 0 Å². The lowest BCUT2D eigenvalue weighted by molar-refractivity contribution is 0.380. The zero-order valence-corrected chi connectivity index (χ0v) is 19.3. The first-order valence-electron chi connectivity index (χ1n) is 12.1. The lowest BCUT2D eigenvalue weighted by Crippen LogP contribution is -2.41. The topological polar surface area (TPSA) is 30.0 Å². The van der Waals surface area contributed by atoms with Crippen molar-refractivity contribution < 1.29 is 5.48 Å². The zero-order valence-electron chi connectivity index (χ0n) is 19.3. The minimum absolute atomic E-state index is 0. The summed E-state index contributed by atoms with van der Waals surface area (Å²) in [4.78, 5) is 0. The van der Waals surface area contributed by atoms with E-state index in [0.717, 1.165) is 4.48 Å². The molecule has 2 heteroatoms. The molecule has 1 aromatic carbocycles. The van der Waals surface area contributed by atoms with Gasteiger partial charge in [-0.3, -0.25) is 4.48 Å². The fraction of sp³-hybridized carbons (Fsp3) is 0.769. The molecule has 0 spiro atoms. The highest BCUT2D eigenvalue weighted by molar-refractivity contribution is 5.40. The third-order valence-electron chi connectivity index (χ3n) is 6.03. The zero-order chi connectivity index (χ0) is 19.6. The first-order valence-corrected chi connectivity index (χ1v) is 12.1. The van der Waals surface area contributed by atoms with Crippen molar-refractivity contribution in [3.8, 4) is 0 Å². The predicted octanol–water partition coefficient (Wildman–Crippen LogP) is 8.34. The van der Waals surface area contributed by atoms with E-state index in [0.29, 0.717) is 0 Å². The highest BCUT2D eigenvalue weighted by atomic mass is 16.0. The largest absolute Gasteiger partial charge is 0.870 e. The van der Waals surface area contributed by atoms with Gasteiger partial charge in [0, 0.05) is 0 Å². The van der Waals surface area contributed by atoms with Crippen molar-refractivity contribution in [2.75, 3.05) is 20.6 Å². The van der Waals surface area contributed by atoms with E-state index in [1.807, 2.05) is 0 Å². The number of rotatable bonds is 18. The monoisotopic (exact) mass is 391 g/mol. The van der Waals surface area contributed by atoms with Crippen molar-refractivity contribution in [2.24, 2.45) is 0 Å². The maximum atomic E-state index is 2.33. The van der Waals surface area contributed by atoms with E-state index in [4.69, 9.17) is 0 Å². The molecule has 0 atom stereocenters. The Balaban J connectivity index is 0.00000729. The Morgan fingerprint density at radius 1 is 0.536 bits per heavy atom. The van der Waals surface area contributed by atoms with Gasteiger partial charge in [-0.1, -0.05) is 115 Å². The first-order chi connectivity index (χ1) is 13.2. The lowest BCUT2D eigenvalue weighted by atomic mass is 10.0. The Morgan fingerprint density at radius 2 is 0.893 bits per heavy atom. The Hall–Kier alpha value is -0.860. The van der Waals surface area contributed by atoms with E-state index in [2.05, 4.69) is 51.4 Å². The van der Waals surface area contributed by atoms with Crippen LogP contribution in [0.5, 0.6) is 0 Å². The Kier molecular flexibility index (Phi) is 17.6. The normalized spacial score (nSPS) is 11.4. The molecule has 0 aliphatic carbocycles. The average Bonchev–Trinajstić information content (AvgIpc) is 2.68. The summed E-state index contributed by atoms with van der Waals surface area (Å²) in [6, 6.07) is 10.9. The van der Waals surface area contributed by atoms with Crippen LogP contribution in [0.3, 0.4) is 0 Å². The minimum atomic E-state index is 0. The summed E-state index contributed by atoms with van der Waals surface area (Å²) < 4.78 is 1.01. The molecule has 164 valence electrons. The number of unbranched alkanes of at least 4 members (excludes halogenated alkanes) is 15. The molecule has 1 rings (SSSR count). The Morgan fingerprint density at radius 3 is 1.29 bits per heavy atom. The quantitative estimate of drug-likeness (QED) is 0.183. The van der Waals surface area contributed by atoms with Crippen molar-refractivity contribution >= 4 is 5.69 Å². The van der Waals surface area contributed by atoms with Gasteiger partial charge in [-0.2, -0.15) is 0 Å². The number of benzene rings is 1. The second-order valence-electron chi connectivity index (χ2n) is 9.05. The molecule has 0 saturated carbocycles. The summed E-state index contributed by atoms with van der Waals surface area (Å²) >= 11 is 0. The first kappa shape index (κ1) is 27.1. The molecule has 0 unspecified atom stereocenters. The molecule has 0 heterocycles. The molecular weight excluding hydrogens is 342 g/mol. The molecule has 28 heavy (non-hydrogen) atoms. The van der Waals surface area contributed by atoms with Crippen molar-refractivity contribution in [1.29, 1.82) is 0 Å². The van der Waals surface area contributed by atoms with Crippen molar-refractivity contribution in [3.05, 3.63) is 30.3 Å². The summed E-state index contributed by atoms with van der Waals surface area (Å²) in [5.74, 6) is 0. The highest BCUT2D eigenvalue weighted by Gasteiger charge is 2.17. The van der Waals surface area contributed by atoms with Crippen LogP contribution in [0.2, 0.25) is 0 Å². The molecule has 0 amide bonds. The van der Waals surface area contributed by atoms with Crippen LogP contribution in [0.25, 0.3) is 0 Å². The molecule has 0 aromatic heterocycles. The van der Waals surface area contributed by atoms with Gasteiger partial charge in [0.15, 0.2) is 0 Å². The molecule has 0 aliphatic heterocycles.